The second kappa shape index (κ2) is 8.55. The summed E-state index contributed by atoms with van der Waals surface area (Å²) in [6.45, 7) is -0.0821. The lowest BCUT2D eigenvalue weighted by atomic mass is 10.1. The number of esters is 1. The summed E-state index contributed by atoms with van der Waals surface area (Å²) in [5.74, 6) is 0.276. The van der Waals surface area contributed by atoms with Crippen LogP contribution in [0.1, 0.15) is 17.9 Å². The Morgan fingerprint density at radius 3 is 2.43 bits per heavy atom. The standard InChI is InChI=1S/C19H15F3N2O4/c20-19(21,22)14-8-6-13(7-9-14)18-23-16(28-24-18)12-27-17(25)10-11-26-15-4-2-1-3-5-15/h1-9H,10-12H2. The van der Waals surface area contributed by atoms with E-state index in [4.69, 9.17) is 14.0 Å². The van der Waals surface area contributed by atoms with E-state index in [9.17, 15) is 18.0 Å². The minimum absolute atomic E-state index is 0.0345. The van der Waals surface area contributed by atoms with E-state index in [2.05, 4.69) is 10.1 Å². The van der Waals surface area contributed by atoms with E-state index >= 15 is 0 Å². The monoisotopic (exact) mass is 392 g/mol. The maximum absolute atomic E-state index is 12.6. The van der Waals surface area contributed by atoms with Gasteiger partial charge in [0.15, 0.2) is 6.61 Å². The molecule has 0 spiro atoms. The van der Waals surface area contributed by atoms with Crippen LogP contribution in [0.5, 0.6) is 5.75 Å². The molecule has 146 valence electrons. The van der Waals surface area contributed by atoms with Crippen LogP contribution < -0.4 is 4.74 Å². The third-order valence-electron chi connectivity index (χ3n) is 3.61. The normalized spacial score (nSPS) is 11.2. The van der Waals surface area contributed by atoms with Gasteiger partial charge in [-0.05, 0) is 24.3 Å². The van der Waals surface area contributed by atoms with Crippen LogP contribution in [0, 0.1) is 0 Å². The lowest BCUT2D eigenvalue weighted by molar-refractivity contribution is -0.146. The second-order valence-electron chi connectivity index (χ2n) is 5.66. The Morgan fingerprint density at radius 1 is 1.04 bits per heavy atom. The zero-order chi connectivity index (χ0) is 20.0. The highest BCUT2D eigenvalue weighted by Crippen LogP contribution is 2.30. The van der Waals surface area contributed by atoms with Crippen LogP contribution in [0.25, 0.3) is 11.4 Å². The average molecular weight is 392 g/mol. The summed E-state index contributed by atoms with van der Waals surface area (Å²) in [4.78, 5) is 15.7. The first-order valence-corrected chi connectivity index (χ1v) is 8.25. The molecule has 1 heterocycles. The first kappa shape index (κ1) is 19.4. The summed E-state index contributed by atoms with van der Waals surface area (Å²) in [5, 5.41) is 3.67. The van der Waals surface area contributed by atoms with Gasteiger partial charge in [0.25, 0.3) is 5.89 Å². The van der Waals surface area contributed by atoms with Gasteiger partial charge in [-0.3, -0.25) is 4.79 Å². The molecule has 0 saturated carbocycles. The van der Waals surface area contributed by atoms with Crippen LogP contribution in [-0.4, -0.2) is 22.7 Å². The Kier molecular flexibility index (Phi) is 5.93. The van der Waals surface area contributed by atoms with Crippen molar-refractivity contribution in [2.24, 2.45) is 0 Å². The Balaban J connectivity index is 1.47. The van der Waals surface area contributed by atoms with Gasteiger partial charge in [-0.2, -0.15) is 18.2 Å². The van der Waals surface area contributed by atoms with Crippen molar-refractivity contribution in [3.05, 3.63) is 66.1 Å². The van der Waals surface area contributed by atoms with Gasteiger partial charge >= 0.3 is 12.1 Å². The number of rotatable bonds is 7. The first-order chi connectivity index (χ1) is 13.4. The molecule has 0 fully saturated rings. The van der Waals surface area contributed by atoms with Crippen molar-refractivity contribution in [1.82, 2.24) is 10.1 Å². The molecule has 0 aliphatic heterocycles. The Morgan fingerprint density at radius 2 is 1.75 bits per heavy atom. The van der Waals surface area contributed by atoms with Gasteiger partial charge < -0.3 is 14.0 Å². The molecule has 0 saturated heterocycles. The van der Waals surface area contributed by atoms with Crippen molar-refractivity contribution in [2.75, 3.05) is 6.61 Å². The predicted octanol–water partition coefficient (Wildman–Crippen LogP) is 4.27. The van der Waals surface area contributed by atoms with E-state index in [0.717, 1.165) is 12.1 Å². The van der Waals surface area contributed by atoms with Crippen LogP contribution in [-0.2, 0) is 22.3 Å². The summed E-state index contributed by atoms with van der Waals surface area (Å²) in [7, 11) is 0. The number of hydrogen-bond donors (Lipinski definition) is 0. The number of alkyl halides is 3. The number of halogens is 3. The number of ether oxygens (including phenoxy) is 2. The van der Waals surface area contributed by atoms with Gasteiger partial charge in [0.05, 0.1) is 18.6 Å². The summed E-state index contributed by atoms with van der Waals surface area (Å²) in [5.41, 5.74) is -0.419. The zero-order valence-electron chi connectivity index (χ0n) is 14.5. The number of benzene rings is 2. The topological polar surface area (TPSA) is 74.5 Å². The van der Waals surface area contributed by atoms with E-state index in [0.29, 0.717) is 11.3 Å². The lowest BCUT2D eigenvalue weighted by Crippen LogP contribution is -2.10. The second-order valence-corrected chi connectivity index (χ2v) is 5.66. The van der Waals surface area contributed by atoms with Crippen molar-refractivity contribution in [2.45, 2.75) is 19.2 Å². The smallest absolute Gasteiger partial charge is 0.416 e. The molecule has 0 aliphatic carbocycles. The third-order valence-corrected chi connectivity index (χ3v) is 3.61. The molecule has 28 heavy (non-hydrogen) atoms. The number of hydrogen-bond acceptors (Lipinski definition) is 6. The lowest BCUT2D eigenvalue weighted by Gasteiger charge is -2.06. The van der Waals surface area contributed by atoms with Crippen LogP contribution in [0.4, 0.5) is 13.2 Å². The highest BCUT2D eigenvalue weighted by atomic mass is 19.4. The molecule has 0 atom stereocenters. The molecule has 0 radical (unpaired) electrons. The van der Waals surface area contributed by atoms with Gasteiger partial charge in [-0.15, -0.1) is 0 Å². The minimum Gasteiger partial charge on any atom is -0.493 e. The van der Waals surface area contributed by atoms with Crippen LogP contribution in [0.2, 0.25) is 0 Å². The number of carbonyl (C=O) groups excluding carboxylic acids is 1. The van der Waals surface area contributed by atoms with Crippen LogP contribution in [0.3, 0.4) is 0 Å². The number of aromatic nitrogens is 2. The fraction of sp³-hybridized carbons (Fsp3) is 0.211. The number of nitrogens with zero attached hydrogens (tertiary/aromatic N) is 2. The molecule has 0 aliphatic rings. The maximum atomic E-state index is 12.6. The predicted molar refractivity (Wildman–Crippen MR) is 91.1 cm³/mol. The van der Waals surface area contributed by atoms with Crippen molar-refractivity contribution >= 4 is 5.97 Å². The summed E-state index contributed by atoms with van der Waals surface area (Å²) >= 11 is 0. The van der Waals surface area contributed by atoms with E-state index in [1.54, 1.807) is 12.1 Å². The van der Waals surface area contributed by atoms with E-state index in [1.807, 2.05) is 18.2 Å². The Labute approximate surface area is 157 Å². The van der Waals surface area contributed by atoms with Gasteiger partial charge in [0.1, 0.15) is 5.75 Å². The van der Waals surface area contributed by atoms with E-state index < -0.39 is 17.7 Å². The molecular weight excluding hydrogens is 377 g/mol. The molecule has 0 bridgehead atoms. The molecule has 0 N–H and O–H groups in total. The fourth-order valence-corrected chi connectivity index (χ4v) is 2.22. The summed E-state index contributed by atoms with van der Waals surface area (Å²) in [6.07, 6.45) is -4.38. The molecule has 6 nitrogen and oxygen atoms in total. The maximum Gasteiger partial charge on any atom is 0.416 e. The molecule has 0 unspecified atom stereocenters. The minimum atomic E-state index is -4.42. The van der Waals surface area contributed by atoms with Crippen molar-refractivity contribution in [3.63, 3.8) is 0 Å². The molecule has 2 aromatic carbocycles. The largest absolute Gasteiger partial charge is 0.493 e. The molecule has 3 rings (SSSR count). The summed E-state index contributed by atoms with van der Waals surface area (Å²) in [6, 6.07) is 13.4. The number of carbonyl (C=O) groups is 1. The fourth-order valence-electron chi connectivity index (χ4n) is 2.22. The third kappa shape index (κ3) is 5.32. The quantitative estimate of drug-likeness (QED) is 0.559. The van der Waals surface area contributed by atoms with Crippen molar-refractivity contribution < 1.29 is 32.0 Å². The zero-order valence-corrected chi connectivity index (χ0v) is 14.5. The molecular formula is C19H15F3N2O4. The van der Waals surface area contributed by atoms with Crippen molar-refractivity contribution in [1.29, 1.82) is 0 Å². The van der Waals surface area contributed by atoms with E-state index in [1.165, 1.54) is 12.1 Å². The summed E-state index contributed by atoms with van der Waals surface area (Å²) < 4.78 is 53.1. The molecule has 9 heteroatoms. The molecule has 3 aromatic rings. The average Bonchev–Trinajstić information content (AvgIpc) is 3.16. The van der Waals surface area contributed by atoms with Gasteiger partial charge in [-0.1, -0.05) is 35.5 Å². The van der Waals surface area contributed by atoms with Gasteiger partial charge in [-0.25, -0.2) is 0 Å². The van der Waals surface area contributed by atoms with Crippen molar-refractivity contribution in [3.8, 4) is 17.1 Å². The Hall–Kier alpha value is -3.36. The highest BCUT2D eigenvalue weighted by Gasteiger charge is 2.30. The molecule has 0 amide bonds. The van der Waals surface area contributed by atoms with Crippen LogP contribution >= 0.6 is 0 Å². The molecule has 1 aromatic heterocycles. The number of para-hydroxylation sites is 1. The van der Waals surface area contributed by atoms with Gasteiger partial charge in [0.2, 0.25) is 5.82 Å². The first-order valence-electron chi connectivity index (χ1n) is 8.25. The highest BCUT2D eigenvalue weighted by molar-refractivity contribution is 5.69. The van der Waals surface area contributed by atoms with E-state index in [-0.39, 0.29) is 31.3 Å². The van der Waals surface area contributed by atoms with Crippen LogP contribution in [0.15, 0.2) is 59.1 Å². The Bertz CT molecular complexity index is 909. The van der Waals surface area contributed by atoms with Gasteiger partial charge in [0, 0.05) is 5.56 Å². The SMILES string of the molecule is O=C(CCOc1ccccc1)OCc1nc(-c2ccc(C(F)(F)F)cc2)no1.